The predicted molar refractivity (Wildman–Crippen MR) is 174 cm³/mol. The van der Waals surface area contributed by atoms with Gasteiger partial charge in [-0.05, 0) is 44.2 Å². The van der Waals surface area contributed by atoms with Crippen LogP contribution in [0.2, 0.25) is 0 Å². The Balaban J connectivity index is 0.000000479. The van der Waals surface area contributed by atoms with Crippen LogP contribution in [-0.2, 0) is 16.0 Å². The Kier molecular flexibility index (Phi) is 11.4. The summed E-state index contributed by atoms with van der Waals surface area (Å²) >= 11 is 0. The van der Waals surface area contributed by atoms with Crippen LogP contribution in [0.1, 0.15) is 56.8 Å². The molecule has 0 spiro atoms. The third-order valence-corrected chi connectivity index (χ3v) is 7.65. The van der Waals surface area contributed by atoms with Gasteiger partial charge in [0.1, 0.15) is 29.5 Å². The van der Waals surface area contributed by atoms with Crippen molar-refractivity contribution in [2.24, 2.45) is 11.7 Å². The van der Waals surface area contributed by atoms with Gasteiger partial charge in [0.2, 0.25) is 5.91 Å². The number of nitrogens with two attached hydrogens (primary N) is 1. The van der Waals surface area contributed by atoms with E-state index in [9.17, 15) is 9.59 Å². The summed E-state index contributed by atoms with van der Waals surface area (Å²) in [6, 6.07) is 11.6. The minimum atomic E-state index is -0.164. The van der Waals surface area contributed by atoms with Gasteiger partial charge < -0.3 is 25.7 Å². The number of likely N-dealkylation sites (tertiary alicyclic amines) is 1. The topological polar surface area (TPSA) is 139 Å². The molecule has 1 aliphatic rings. The van der Waals surface area contributed by atoms with Crippen LogP contribution in [0.25, 0.3) is 22.2 Å². The van der Waals surface area contributed by atoms with Crippen molar-refractivity contribution >= 4 is 34.1 Å². The number of ether oxygens (including phenoxy) is 1. The molecule has 1 saturated heterocycles. The Bertz CT molecular complexity index is 1620. The Morgan fingerprint density at radius 2 is 1.93 bits per heavy atom. The summed E-state index contributed by atoms with van der Waals surface area (Å²) < 4.78 is 5.68. The molecule has 10 heteroatoms. The molecule has 3 heterocycles. The lowest BCUT2D eigenvalue weighted by molar-refractivity contribution is -0.126. The van der Waals surface area contributed by atoms with Crippen molar-refractivity contribution < 1.29 is 14.3 Å². The fraction of sp³-hybridized carbons (Fsp3) is 0.382. The zero-order valence-electron chi connectivity index (χ0n) is 25.7. The number of aryl methyl sites for hydroxylation is 1. The number of rotatable bonds is 13. The second-order valence-corrected chi connectivity index (χ2v) is 11.0. The van der Waals surface area contributed by atoms with Crippen molar-refractivity contribution in [1.82, 2.24) is 24.8 Å². The first kappa shape index (κ1) is 32.2. The van der Waals surface area contributed by atoms with Gasteiger partial charge in [0.25, 0.3) is 0 Å². The maximum absolute atomic E-state index is 11.4. The summed E-state index contributed by atoms with van der Waals surface area (Å²) in [4.78, 5) is 40.8. The van der Waals surface area contributed by atoms with E-state index in [1.807, 2.05) is 56.6 Å². The molecule has 1 fully saturated rings. The third kappa shape index (κ3) is 8.64. The Labute approximate surface area is 258 Å². The van der Waals surface area contributed by atoms with Crippen LogP contribution < -0.4 is 15.8 Å². The number of methoxy groups -OCH3 is 1. The average molecular weight is 596 g/mol. The fourth-order valence-electron chi connectivity index (χ4n) is 5.04. The molecule has 230 valence electrons. The number of nitrogens with zero attached hydrogens (tertiary/aromatic N) is 4. The zero-order chi connectivity index (χ0) is 31.5. The first-order chi connectivity index (χ1) is 21.3. The van der Waals surface area contributed by atoms with E-state index in [-0.39, 0.29) is 11.8 Å². The number of imidazole rings is 1. The Morgan fingerprint density at radius 1 is 1.14 bits per heavy atom. The molecule has 10 nitrogen and oxygen atoms in total. The van der Waals surface area contributed by atoms with E-state index in [1.54, 1.807) is 7.11 Å². The number of benzene rings is 2. The monoisotopic (exact) mass is 595 g/mol. The molecule has 4 aromatic rings. The van der Waals surface area contributed by atoms with E-state index in [0.29, 0.717) is 30.2 Å². The van der Waals surface area contributed by atoms with Crippen molar-refractivity contribution in [3.8, 4) is 29.4 Å². The van der Waals surface area contributed by atoms with Crippen molar-refractivity contribution in [2.45, 2.75) is 51.9 Å². The van der Waals surface area contributed by atoms with Gasteiger partial charge in [-0.2, -0.15) is 0 Å². The number of hydrogen-bond donors (Lipinski definition) is 3. The molecule has 0 saturated carbocycles. The third-order valence-electron chi connectivity index (χ3n) is 7.65. The summed E-state index contributed by atoms with van der Waals surface area (Å²) in [6.07, 6.45) is 15.3. The highest BCUT2D eigenvalue weighted by Gasteiger charge is 2.27. The second-order valence-electron chi connectivity index (χ2n) is 11.0. The molecule has 2 aromatic carbocycles. The molecule has 0 bridgehead atoms. The van der Waals surface area contributed by atoms with Crippen molar-refractivity contribution in [2.75, 3.05) is 32.6 Å². The number of amides is 1. The van der Waals surface area contributed by atoms with Crippen LogP contribution in [-0.4, -0.2) is 63.8 Å². The van der Waals surface area contributed by atoms with Gasteiger partial charge >= 0.3 is 0 Å². The molecule has 0 radical (unpaired) electrons. The van der Waals surface area contributed by atoms with E-state index < -0.39 is 0 Å². The van der Waals surface area contributed by atoms with Crippen molar-refractivity contribution in [3.63, 3.8) is 0 Å². The standard InChI is InChI=1S/C29H31N5O2.C5H10N2O/c1-4-20-11-10-12-21(15-20)33-29-24-16-23(27(36-3)17-25(24)31-19-32-29)26-18-30-28(34-26)14-9-7-6-8-13-22(35)5-2;1-7-2-4(3-7)5(6)8/h1,10-12,15-19H,5-9,13-14H2,2-3H3,(H,30,34)(H,31,32,33);4H,2-3H2,1H3,(H2,6,8). The lowest BCUT2D eigenvalue weighted by Gasteiger charge is -2.33. The molecular weight excluding hydrogens is 554 g/mol. The number of aromatic nitrogens is 4. The van der Waals surface area contributed by atoms with E-state index in [4.69, 9.17) is 16.9 Å². The van der Waals surface area contributed by atoms with Crippen LogP contribution in [0, 0.1) is 18.3 Å². The van der Waals surface area contributed by atoms with Gasteiger partial charge in [-0.15, -0.1) is 6.42 Å². The Hall–Kier alpha value is -4.75. The van der Waals surface area contributed by atoms with Crippen molar-refractivity contribution in [1.29, 1.82) is 0 Å². The summed E-state index contributed by atoms with van der Waals surface area (Å²) in [7, 11) is 3.62. The number of primary amides is 1. The van der Waals surface area contributed by atoms with Crippen LogP contribution >= 0.6 is 0 Å². The number of terminal acetylenes is 1. The summed E-state index contributed by atoms with van der Waals surface area (Å²) in [5, 5.41) is 4.22. The number of hydrogen-bond acceptors (Lipinski definition) is 8. The first-order valence-corrected chi connectivity index (χ1v) is 15.0. The molecule has 44 heavy (non-hydrogen) atoms. The minimum Gasteiger partial charge on any atom is -0.496 e. The highest BCUT2D eigenvalue weighted by molar-refractivity contribution is 5.95. The van der Waals surface area contributed by atoms with Crippen molar-refractivity contribution in [3.05, 3.63) is 60.3 Å². The maximum atomic E-state index is 11.4. The molecular formula is C34H41N7O3. The van der Waals surface area contributed by atoms with Crippen LogP contribution in [0.15, 0.2) is 48.9 Å². The van der Waals surface area contributed by atoms with Gasteiger partial charge in [-0.3, -0.25) is 9.59 Å². The number of fused-ring (bicyclic) bond motifs is 1. The van der Waals surface area contributed by atoms with Crippen LogP contribution in [0.4, 0.5) is 11.5 Å². The number of H-pyrrole nitrogens is 1. The highest BCUT2D eigenvalue weighted by atomic mass is 16.5. The summed E-state index contributed by atoms with van der Waals surface area (Å²) in [5.41, 5.74) is 9.17. The van der Waals surface area contributed by atoms with Crippen LogP contribution in [0.5, 0.6) is 5.75 Å². The van der Waals surface area contributed by atoms with Gasteiger partial charge in [-0.1, -0.05) is 31.8 Å². The predicted octanol–water partition coefficient (Wildman–Crippen LogP) is 5.26. The normalized spacial score (nSPS) is 13.0. The largest absolute Gasteiger partial charge is 0.496 e. The molecule has 1 amide bonds. The summed E-state index contributed by atoms with van der Waals surface area (Å²) in [5.74, 6) is 5.29. The number of anilines is 2. The molecule has 2 aromatic heterocycles. The quantitative estimate of drug-likeness (QED) is 0.141. The molecule has 4 N–H and O–H groups in total. The van der Waals surface area contributed by atoms with Gasteiger partial charge in [0.05, 0.1) is 30.4 Å². The maximum Gasteiger partial charge on any atom is 0.223 e. The SMILES string of the molecule is C#Cc1cccc(Nc2ncnc3cc(OC)c(-c4cnc(CCCCCCC(=O)CC)[nH]4)cc23)c1.CN1CC(C(N)=O)C1. The van der Waals surface area contributed by atoms with Crippen LogP contribution in [0.3, 0.4) is 0 Å². The number of aromatic amines is 1. The average Bonchev–Trinajstić information content (AvgIpc) is 3.49. The molecule has 1 aliphatic heterocycles. The molecule has 0 atom stereocenters. The van der Waals surface area contributed by atoms with E-state index in [0.717, 1.165) is 84.4 Å². The summed E-state index contributed by atoms with van der Waals surface area (Å²) in [6.45, 7) is 3.61. The number of Topliss-reactive ketones (excluding diaryl/α,β-unsaturated/α-hetero) is 1. The van der Waals surface area contributed by atoms with Gasteiger partial charge in [-0.25, -0.2) is 15.0 Å². The van der Waals surface area contributed by atoms with Gasteiger partial charge in [0, 0.05) is 60.6 Å². The lowest BCUT2D eigenvalue weighted by atomic mass is 10.0. The Morgan fingerprint density at radius 3 is 2.61 bits per heavy atom. The fourth-order valence-corrected chi connectivity index (χ4v) is 5.04. The zero-order valence-corrected chi connectivity index (χ0v) is 25.7. The number of unbranched alkanes of at least 4 members (excludes halogenated alkanes) is 3. The number of carbonyl (C=O) groups excluding carboxylic acids is 2. The van der Waals surface area contributed by atoms with Gasteiger partial charge in [0.15, 0.2) is 0 Å². The molecule has 5 rings (SSSR count). The minimum absolute atomic E-state index is 0.125. The highest BCUT2D eigenvalue weighted by Crippen LogP contribution is 2.35. The molecule has 0 unspecified atom stereocenters. The number of nitrogens with one attached hydrogen (secondary N) is 2. The van der Waals surface area contributed by atoms with E-state index in [2.05, 4.69) is 36.1 Å². The molecule has 0 aliphatic carbocycles. The number of ketones is 1. The van der Waals surface area contributed by atoms with E-state index >= 15 is 0 Å². The second kappa shape index (κ2) is 15.6. The van der Waals surface area contributed by atoms with E-state index in [1.165, 1.54) is 6.33 Å². The first-order valence-electron chi connectivity index (χ1n) is 15.0. The smallest absolute Gasteiger partial charge is 0.223 e. The number of carbonyl (C=O) groups is 2. The lowest BCUT2D eigenvalue weighted by Crippen LogP contribution is -2.50.